The van der Waals surface area contributed by atoms with Crippen molar-refractivity contribution >= 4 is 43.8 Å². The number of fused-ring (bicyclic) bond motifs is 1. The first kappa shape index (κ1) is 20.3. The van der Waals surface area contributed by atoms with Gasteiger partial charge in [-0.25, -0.2) is 8.42 Å². The second-order valence-corrected chi connectivity index (χ2v) is 8.39. The van der Waals surface area contributed by atoms with Gasteiger partial charge in [-0.15, -0.1) is 0 Å². The van der Waals surface area contributed by atoms with Gasteiger partial charge < -0.3 is 5.32 Å². The number of sulfonamides is 1. The molecule has 0 saturated heterocycles. The topological polar surface area (TPSA) is 110 Å². The number of nitrogens with one attached hydrogen (secondary N) is 1. The second kappa shape index (κ2) is 7.88. The van der Waals surface area contributed by atoms with E-state index < -0.39 is 26.9 Å². The number of amides is 1. The molecule has 150 valence electrons. The SMILES string of the molecule is C[C@H](C(=O)Nc1cccc2ccccc12)N(c1cccc([N+](=O)[O-])c1)S(C)(=O)=O. The smallest absolute Gasteiger partial charge is 0.271 e. The van der Waals surface area contributed by atoms with E-state index >= 15 is 0 Å². The van der Waals surface area contributed by atoms with Crippen LogP contribution in [0.25, 0.3) is 10.8 Å². The van der Waals surface area contributed by atoms with Gasteiger partial charge in [0.25, 0.3) is 5.69 Å². The van der Waals surface area contributed by atoms with Crippen molar-refractivity contribution in [3.63, 3.8) is 0 Å². The van der Waals surface area contributed by atoms with Gasteiger partial charge in [0.15, 0.2) is 0 Å². The van der Waals surface area contributed by atoms with E-state index in [9.17, 15) is 23.3 Å². The summed E-state index contributed by atoms with van der Waals surface area (Å²) in [5.41, 5.74) is 0.326. The van der Waals surface area contributed by atoms with Crippen molar-refractivity contribution < 1.29 is 18.1 Å². The molecule has 1 amide bonds. The summed E-state index contributed by atoms with van der Waals surface area (Å²) in [6, 6.07) is 16.9. The Morgan fingerprint density at radius 2 is 1.72 bits per heavy atom. The molecule has 29 heavy (non-hydrogen) atoms. The van der Waals surface area contributed by atoms with Crippen LogP contribution in [-0.2, 0) is 14.8 Å². The Kier molecular flexibility index (Phi) is 5.51. The molecule has 0 aliphatic rings. The Morgan fingerprint density at radius 1 is 1.07 bits per heavy atom. The maximum atomic E-state index is 12.9. The molecule has 3 aromatic rings. The van der Waals surface area contributed by atoms with Crippen LogP contribution in [0.5, 0.6) is 0 Å². The van der Waals surface area contributed by atoms with Crippen molar-refractivity contribution in [2.45, 2.75) is 13.0 Å². The number of nitro benzene ring substituents is 1. The molecule has 0 spiro atoms. The Labute approximate surface area is 168 Å². The zero-order valence-corrected chi connectivity index (χ0v) is 16.6. The Morgan fingerprint density at radius 3 is 2.41 bits per heavy atom. The quantitative estimate of drug-likeness (QED) is 0.491. The number of hydrogen-bond acceptors (Lipinski definition) is 5. The van der Waals surface area contributed by atoms with Crippen molar-refractivity contribution in [3.8, 4) is 0 Å². The van der Waals surface area contributed by atoms with Gasteiger partial charge in [-0.1, -0.05) is 42.5 Å². The van der Waals surface area contributed by atoms with Gasteiger partial charge in [0.1, 0.15) is 6.04 Å². The molecule has 9 heteroatoms. The van der Waals surface area contributed by atoms with E-state index in [0.717, 1.165) is 27.4 Å². The van der Waals surface area contributed by atoms with Crippen LogP contribution in [0.2, 0.25) is 0 Å². The molecule has 0 unspecified atom stereocenters. The van der Waals surface area contributed by atoms with E-state index in [1.807, 2.05) is 30.3 Å². The van der Waals surface area contributed by atoms with Crippen LogP contribution in [0.4, 0.5) is 17.1 Å². The summed E-state index contributed by atoms with van der Waals surface area (Å²) in [7, 11) is -3.89. The molecule has 8 nitrogen and oxygen atoms in total. The highest BCUT2D eigenvalue weighted by Gasteiger charge is 2.30. The third kappa shape index (κ3) is 4.35. The minimum absolute atomic E-state index is 0.0438. The fraction of sp³-hybridized carbons (Fsp3) is 0.150. The zero-order valence-electron chi connectivity index (χ0n) is 15.8. The summed E-state index contributed by atoms with van der Waals surface area (Å²) in [5.74, 6) is -0.557. The lowest BCUT2D eigenvalue weighted by Crippen LogP contribution is -2.45. The third-order valence-electron chi connectivity index (χ3n) is 4.43. The largest absolute Gasteiger partial charge is 0.324 e. The van der Waals surface area contributed by atoms with E-state index in [2.05, 4.69) is 5.32 Å². The van der Waals surface area contributed by atoms with Crippen LogP contribution >= 0.6 is 0 Å². The lowest BCUT2D eigenvalue weighted by atomic mass is 10.1. The van der Waals surface area contributed by atoms with E-state index in [4.69, 9.17) is 0 Å². The third-order valence-corrected chi connectivity index (χ3v) is 5.67. The van der Waals surface area contributed by atoms with Gasteiger partial charge in [-0.2, -0.15) is 0 Å². The molecule has 0 bridgehead atoms. The minimum atomic E-state index is -3.89. The summed E-state index contributed by atoms with van der Waals surface area (Å²) >= 11 is 0. The maximum Gasteiger partial charge on any atom is 0.271 e. The van der Waals surface area contributed by atoms with Gasteiger partial charge >= 0.3 is 0 Å². The van der Waals surface area contributed by atoms with Gasteiger partial charge in [-0.3, -0.25) is 19.2 Å². The number of rotatable bonds is 6. The number of non-ortho nitro benzene ring substituents is 1. The fourth-order valence-electron chi connectivity index (χ4n) is 3.12. The lowest BCUT2D eigenvalue weighted by molar-refractivity contribution is -0.384. The van der Waals surface area contributed by atoms with Gasteiger partial charge in [0.2, 0.25) is 15.9 Å². The molecule has 3 aromatic carbocycles. The molecule has 1 N–H and O–H groups in total. The number of carbonyl (C=O) groups excluding carboxylic acids is 1. The molecule has 0 saturated carbocycles. The molecule has 0 heterocycles. The monoisotopic (exact) mass is 413 g/mol. The zero-order chi connectivity index (χ0) is 21.2. The highest BCUT2D eigenvalue weighted by molar-refractivity contribution is 7.92. The van der Waals surface area contributed by atoms with Crippen molar-refractivity contribution in [1.82, 2.24) is 0 Å². The standard InChI is InChI=1S/C20H19N3O5S/c1-14(20(24)21-19-12-5-8-15-7-3-4-11-18(15)19)22(29(2,27)28)16-9-6-10-17(13-16)23(25)26/h3-14H,1-2H3,(H,21,24)/t14-/m1/s1. The van der Waals surface area contributed by atoms with Crippen molar-refractivity contribution in [3.05, 3.63) is 76.8 Å². The molecule has 0 aromatic heterocycles. The van der Waals surface area contributed by atoms with E-state index in [0.29, 0.717) is 5.69 Å². The van der Waals surface area contributed by atoms with Crippen molar-refractivity contribution in [1.29, 1.82) is 0 Å². The van der Waals surface area contributed by atoms with E-state index in [-0.39, 0.29) is 11.4 Å². The molecular formula is C20H19N3O5S. The predicted octanol–water partition coefficient (Wildman–Crippen LogP) is 3.54. The van der Waals surface area contributed by atoms with Gasteiger partial charge in [0.05, 0.1) is 16.9 Å². The van der Waals surface area contributed by atoms with Crippen LogP contribution in [0.15, 0.2) is 66.7 Å². The predicted molar refractivity (Wildman–Crippen MR) is 112 cm³/mol. The van der Waals surface area contributed by atoms with Gasteiger partial charge in [-0.05, 0) is 24.4 Å². The fourth-order valence-corrected chi connectivity index (χ4v) is 4.29. The highest BCUT2D eigenvalue weighted by Crippen LogP contribution is 2.27. The van der Waals surface area contributed by atoms with Crippen LogP contribution < -0.4 is 9.62 Å². The molecule has 0 radical (unpaired) electrons. The number of nitro groups is 1. The maximum absolute atomic E-state index is 12.9. The normalized spacial score (nSPS) is 12.3. The number of carbonyl (C=O) groups is 1. The first-order chi connectivity index (χ1) is 13.7. The lowest BCUT2D eigenvalue weighted by Gasteiger charge is -2.28. The van der Waals surface area contributed by atoms with Crippen molar-refractivity contribution in [2.75, 3.05) is 15.9 Å². The number of nitrogens with zero attached hydrogens (tertiary/aromatic N) is 2. The Balaban J connectivity index is 1.96. The number of benzene rings is 3. The summed E-state index contributed by atoms with van der Waals surface area (Å²) in [6.45, 7) is 1.43. The number of anilines is 2. The molecule has 0 aliphatic carbocycles. The first-order valence-electron chi connectivity index (χ1n) is 8.71. The first-order valence-corrected chi connectivity index (χ1v) is 10.6. The summed E-state index contributed by atoms with van der Waals surface area (Å²) in [6.07, 6.45) is 0.952. The molecule has 1 atom stereocenters. The van der Waals surface area contributed by atoms with Crippen LogP contribution in [0, 0.1) is 10.1 Å². The average Bonchev–Trinajstić information content (AvgIpc) is 2.67. The van der Waals surface area contributed by atoms with Crippen LogP contribution in [0.3, 0.4) is 0 Å². The summed E-state index contributed by atoms with van der Waals surface area (Å²) in [4.78, 5) is 23.3. The van der Waals surface area contributed by atoms with Gasteiger partial charge in [0, 0.05) is 23.2 Å². The van der Waals surface area contributed by atoms with Crippen LogP contribution in [-0.4, -0.2) is 31.5 Å². The highest BCUT2D eigenvalue weighted by atomic mass is 32.2. The molecule has 3 rings (SSSR count). The molecule has 0 fully saturated rings. The van der Waals surface area contributed by atoms with E-state index in [1.54, 1.807) is 12.1 Å². The van der Waals surface area contributed by atoms with Crippen molar-refractivity contribution in [2.24, 2.45) is 0 Å². The summed E-state index contributed by atoms with van der Waals surface area (Å²) in [5, 5.41) is 15.6. The van der Waals surface area contributed by atoms with E-state index in [1.165, 1.54) is 25.1 Å². The Bertz CT molecular complexity index is 1190. The second-order valence-electron chi connectivity index (χ2n) is 6.53. The minimum Gasteiger partial charge on any atom is -0.324 e. The average molecular weight is 413 g/mol. The molecule has 0 aliphatic heterocycles. The van der Waals surface area contributed by atoms with Crippen LogP contribution in [0.1, 0.15) is 6.92 Å². The number of hydrogen-bond donors (Lipinski definition) is 1. The summed E-state index contributed by atoms with van der Waals surface area (Å²) < 4.78 is 25.7. The molecular weight excluding hydrogens is 394 g/mol. The Hall–Kier alpha value is -3.46.